The molecule has 7 aromatic carbocycles. The fourth-order valence-corrected chi connectivity index (χ4v) is 7.61. The van der Waals surface area contributed by atoms with Crippen LogP contribution >= 0.6 is 0 Å². The number of anilines is 9. The second-order valence-electron chi connectivity index (χ2n) is 12.8. The first kappa shape index (κ1) is 28.2. The lowest BCUT2D eigenvalue weighted by atomic mass is 9.33. The van der Waals surface area contributed by atoms with Crippen LogP contribution in [-0.2, 0) is 0 Å². The number of hydrogen-bond acceptors (Lipinski definition) is 3. The molecule has 0 fully saturated rings. The van der Waals surface area contributed by atoms with E-state index in [0.717, 1.165) is 22.7 Å². The van der Waals surface area contributed by atoms with E-state index >= 15 is 0 Å². The molecule has 0 amide bonds. The van der Waals surface area contributed by atoms with Gasteiger partial charge in [-0.15, -0.1) is 0 Å². The molecule has 0 aromatic heterocycles. The van der Waals surface area contributed by atoms with E-state index in [-0.39, 0.29) is 6.71 Å². The van der Waals surface area contributed by atoms with Gasteiger partial charge in [-0.05, 0) is 109 Å². The van der Waals surface area contributed by atoms with Gasteiger partial charge in [0.25, 0.3) is 6.71 Å². The molecule has 2 aliphatic heterocycles. The first-order valence-corrected chi connectivity index (χ1v) is 16.7. The molecule has 0 aliphatic carbocycles. The molecule has 48 heavy (non-hydrogen) atoms. The first-order chi connectivity index (χ1) is 23.7. The number of nitrogens with zero attached hydrogens (tertiary/aromatic N) is 3. The van der Waals surface area contributed by atoms with Crippen LogP contribution in [0.25, 0.3) is 0 Å². The quantitative estimate of drug-likeness (QED) is 0.179. The molecule has 228 valence electrons. The van der Waals surface area contributed by atoms with E-state index in [1.165, 1.54) is 56.0 Å². The van der Waals surface area contributed by atoms with Crippen molar-refractivity contribution in [1.29, 1.82) is 0 Å². The number of fused-ring (bicyclic) bond motifs is 4. The summed E-state index contributed by atoms with van der Waals surface area (Å²) in [6.45, 7) is 4.44. The molecular formula is C44H34BN3. The summed E-state index contributed by atoms with van der Waals surface area (Å²) in [5.74, 6) is 0. The van der Waals surface area contributed by atoms with E-state index in [9.17, 15) is 0 Å². The van der Waals surface area contributed by atoms with Gasteiger partial charge in [0.05, 0.1) is 0 Å². The van der Waals surface area contributed by atoms with Gasteiger partial charge in [-0.3, -0.25) is 0 Å². The molecule has 0 radical (unpaired) electrons. The average Bonchev–Trinajstić information content (AvgIpc) is 3.13. The van der Waals surface area contributed by atoms with Crippen molar-refractivity contribution in [3.05, 3.63) is 181 Å². The second-order valence-corrected chi connectivity index (χ2v) is 12.8. The van der Waals surface area contributed by atoms with E-state index in [1.54, 1.807) is 0 Å². The summed E-state index contributed by atoms with van der Waals surface area (Å²) >= 11 is 0. The molecule has 0 atom stereocenters. The largest absolute Gasteiger partial charge is 0.311 e. The SMILES string of the molecule is Cc1ccc(N2c3ccc(C)cc3B3c4ccc(N(c5ccccc5)c5ccccc5)cc4N(c4ccccc4)c4cccc2c43)cc1. The maximum Gasteiger partial charge on any atom is 0.252 e. The molecule has 7 aromatic rings. The van der Waals surface area contributed by atoms with Crippen molar-refractivity contribution < 1.29 is 0 Å². The Hall–Kier alpha value is -6.00. The van der Waals surface area contributed by atoms with Crippen molar-refractivity contribution in [3.63, 3.8) is 0 Å². The lowest BCUT2D eigenvalue weighted by molar-refractivity contribution is 1.23. The minimum atomic E-state index is 0.0821. The monoisotopic (exact) mass is 615 g/mol. The highest BCUT2D eigenvalue weighted by molar-refractivity contribution is 7.00. The summed E-state index contributed by atoms with van der Waals surface area (Å²) in [4.78, 5) is 7.28. The molecule has 0 N–H and O–H groups in total. The van der Waals surface area contributed by atoms with Crippen LogP contribution in [0, 0.1) is 13.8 Å². The fraction of sp³-hybridized carbons (Fsp3) is 0.0455. The Kier molecular flexibility index (Phi) is 6.68. The standard InChI is InChI=1S/C44H34BN3/c1-31-21-24-36(25-22-31)47-40-28-23-32(2)29-39(40)45-38-27-26-37(46(33-13-6-3-7-14-33)34-15-8-4-9-16-34)30-43(38)48(35-17-10-5-11-18-35)42-20-12-19-41(47)44(42)45/h3-30H,1-2H3. The first-order valence-electron chi connectivity index (χ1n) is 16.7. The Morgan fingerprint density at radius 1 is 0.396 bits per heavy atom. The van der Waals surface area contributed by atoms with Gasteiger partial charge in [-0.25, -0.2) is 0 Å². The third-order valence-electron chi connectivity index (χ3n) is 9.72. The van der Waals surface area contributed by atoms with Crippen LogP contribution in [0.1, 0.15) is 11.1 Å². The van der Waals surface area contributed by atoms with Gasteiger partial charge in [0.1, 0.15) is 0 Å². The Balaban J connectivity index is 1.32. The summed E-state index contributed by atoms with van der Waals surface area (Å²) in [5.41, 5.74) is 17.1. The molecule has 2 heterocycles. The average molecular weight is 616 g/mol. The van der Waals surface area contributed by atoms with Crippen molar-refractivity contribution in [2.45, 2.75) is 13.8 Å². The lowest BCUT2D eigenvalue weighted by Crippen LogP contribution is -2.61. The van der Waals surface area contributed by atoms with Crippen LogP contribution in [0.3, 0.4) is 0 Å². The Morgan fingerprint density at radius 2 is 0.958 bits per heavy atom. The van der Waals surface area contributed by atoms with Crippen LogP contribution in [0.15, 0.2) is 170 Å². The summed E-state index contributed by atoms with van der Waals surface area (Å²) < 4.78 is 0. The zero-order valence-corrected chi connectivity index (χ0v) is 27.1. The zero-order valence-electron chi connectivity index (χ0n) is 27.1. The Morgan fingerprint density at radius 3 is 1.60 bits per heavy atom. The second kappa shape index (κ2) is 11.4. The molecule has 4 heteroatoms. The van der Waals surface area contributed by atoms with Crippen LogP contribution in [0.5, 0.6) is 0 Å². The lowest BCUT2D eigenvalue weighted by Gasteiger charge is -2.44. The van der Waals surface area contributed by atoms with Gasteiger partial charge in [0, 0.05) is 51.2 Å². The van der Waals surface area contributed by atoms with E-state index in [4.69, 9.17) is 0 Å². The van der Waals surface area contributed by atoms with E-state index in [2.05, 4.69) is 198 Å². The highest BCUT2D eigenvalue weighted by Gasteiger charge is 2.43. The van der Waals surface area contributed by atoms with Crippen LogP contribution in [0.2, 0.25) is 0 Å². The van der Waals surface area contributed by atoms with Crippen molar-refractivity contribution >= 4 is 74.3 Å². The van der Waals surface area contributed by atoms with Gasteiger partial charge in [-0.2, -0.15) is 0 Å². The molecule has 0 unspecified atom stereocenters. The normalized spacial score (nSPS) is 12.7. The number of aryl methyl sites for hydroxylation is 2. The number of benzene rings is 7. The maximum atomic E-state index is 2.47. The molecule has 2 aliphatic rings. The van der Waals surface area contributed by atoms with Gasteiger partial charge < -0.3 is 14.7 Å². The summed E-state index contributed by atoms with van der Waals surface area (Å²) in [7, 11) is 0. The van der Waals surface area contributed by atoms with Crippen LogP contribution < -0.4 is 31.1 Å². The van der Waals surface area contributed by atoms with Crippen LogP contribution in [0.4, 0.5) is 51.2 Å². The highest BCUT2D eigenvalue weighted by Crippen LogP contribution is 2.45. The van der Waals surface area contributed by atoms with Crippen molar-refractivity contribution in [2.24, 2.45) is 0 Å². The molecular weight excluding hydrogens is 581 g/mol. The number of rotatable bonds is 5. The zero-order chi connectivity index (χ0) is 32.2. The Bertz CT molecular complexity index is 2230. The topological polar surface area (TPSA) is 9.72 Å². The summed E-state index contributed by atoms with van der Waals surface area (Å²) in [6, 6.07) is 61.9. The third kappa shape index (κ3) is 4.52. The van der Waals surface area contributed by atoms with Gasteiger partial charge in [0.2, 0.25) is 0 Å². The molecule has 0 saturated carbocycles. The van der Waals surface area contributed by atoms with Crippen molar-refractivity contribution in [3.8, 4) is 0 Å². The van der Waals surface area contributed by atoms with Gasteiger partial charge >= 0.3 is 0 Å². The highest BCUT2D eigenvalue weighted by atomic mass is 15.2. The smallest absolute Gasteiger partial charge is 0.252 e. The van der Waals surface area contributed by atoms with E-state index in [0.29, 0.717) is 0 Å². The van der Waals surface area contributed by atoms with Crippen LogP contribution in [-0.4, -0.2) is 6.71 Å². The predicted octanol–water partition coefficient (Wildman–Crippen LogP) is 9.86. The predicted molar refractivity (Wildman–Crippen MR) is 205 cm³/mol. The maximum absolute atomic E-state index is 2.47. The molecule has 0 bridgehead atoms. The van der Waals surface area contributed by atoms with Crippen molar-refractivity contribution in [1.82, 2.24) is 0 Å². The van der Waals surface area contributed by atoms with Gasteiger partial charge in [0.15, 0.2) is 0 Å². The number of hydrogen-bond donors (Lipinski definition) is 0. The Labute approximate surface area is 283 Å². The molecule has 3 nitrogen and oxygen atoms in total. The summed E-state index contributed by atoms with van der Waals surface area (Å²) in [5, 5.41) is 0. The van der Waals surface area contributed by atoms with Gasteiger partial charge in [-0.1, -0.05) is 102 Å². The fourth-order valence-electron chi connectivity index (χ4n) is 7.61. The molecule has 0 saturated heterocycles. The van der Waals surface area contributed by atoms with E-state index < -0.39 is 0 Å². The van der Waals surface area contributed by atoms with E-state index in [1.807, 2.05) is 0 Å². The minimum absolute atomic E-state index is 0.0821. The minimum Gasteiger partial charge on any atom is -0.311 e. The molecule has 9 rings (SSSR count). The number of para-hydroxylation sites is 3. The van der Waals surface area contributed by atoms with Crippen molar-refractivity contribution in [2.75, 3.05) is 14.7 Å². The molecule has 0 spiro atoms. The summed E-state index contributed by atoms with van der Waals surface area (Å²) in [6.07, 6.45) is 0. The third-order valence-corrected chi connectivity index (χ3v) is 9.72.